The lowest BCUT2D eigenvalue weighted by Crippen LogP contribution is -2.13. The van der Waals surface area contributed by atoms with E-state index in [0.717, 1.165) is 24.3 Å². The van der Waals surface area contributed by atoms with Gasteiger partial charge in [-0.05, 0) is 24.3 Å². The van der Waals surface area contributed by atoms with Crippen molar-refractivity contribution in [2.24, 2.45) is 0 Å². The van der Waals surface area contributed by atoms with E-state index in [2.05, 4.69) is 6.92 Å². The van der Waals surface area contributed by atoms with Crippen LogP contribution in [0.3, 0.4) is 0 Å². The molecular weight excluding hydrogens is 368 g/mol. The molecule has 28 heavy (non-hydrogen) atoms. The van der Waals surface area contributed by atoms with Gasteiger partial charge in [0.05, 0.1) is 0 Å². The average molecular weight is 419 g/mol. The third-order valence-electron chi connectivity index (χ3n) is 5.26. The van der Waals surface area contributed by atoms with Gasteiger partial charge in [-0.1, -0.05) is 103 Å². The molecule has 170 valence electrons. The first kappa shape index (κ1) is 28.2. The molecule has 0 rings (SSSR count). The fourth-order valence-electron chi connectivity index (χ4n) is 3.41. The van der Waals surface area contributed by atoms with Crippen molar-refractivity contribution < 1.29 is 14.9 Å². The maximum Gasteiger partial charge on any atom is 0.155 e. The summed E-state index contributed by atoms with van der Waals surface area (Å²) in [6.07, 6.45) is 22.9. The Balaban J connectivity index is 3.08. The first-order valence-corrected chi connectivity index (χ1v) is 13.4. The van der Waals surface area contributed by atoms with E-state index >= 15 is 0 Å². The smallest absolute Gasteiger partial charge is 0.155 e. The van der Waals surface area contributed by atoms with Gasteiger partial charge in [0.2, 0.25) is 0 Å². The topological polar surface area (TPSA) is 49.7 Å². The van der Waals surface area contributed by atoms with Crippen molar-refractivity contribution >= 4 is 11.8 Å². The zero-order valence-corrected chi connectivity index (χ0v) is 19.7. The van der Waals surface area contributed by atoms with Crippen LogP contribution in [0.15, 0.2) is 0 Å². The van der Waals surface area contributed by atoms with Crippen molar-refractivity contribution in [3.63, 3.8) is 0 Å². The fourth-order valence-corrected chi connectivity index (χ4v) is 4.31. The Morgan fingerprint density at radius 2 is 1.11 bits per heavy atom. The molecule has 1 unspecified atom stereocenters. The van der Waals surface area contributed by atoms with E-state index in [0.29, 0.717) is 13.0 Å². The lowest BCUT2D eigenvalue weighted by Gasteiger charge is -2.11. The molecular formula is C24H50O3S. The van der Waals surface area contributed by atoms with Crippen molar-refractivity contribution in [1.29, 1.82) is 0 Å². The Kier molecular flexibility index (Phi) is 25.5. The second-order valence-corrected chi connectivity index (χ2v) is 9.33. The number of aliphatic hydroxyl groups excluding tert-OH is 2. The molecule has 0 fully saturated rings. The molecule has 4 heteroatoms. The van der Waals surface area contributed by atoms with E-state index < -0.39 is 6.29 Å². The van der Waals surface area contributed by atoms with Crippen LogP contribution in [0.2, 0.25) is 0 Å². The van der Waals surface area contributed by atoms with Crippen LogP contribution in [0.25, 0.3) is 0 Å². The Bertz CT molecular complexity index is 277. The molecule has 0 saturated carbocycles. The Morgan fingerprint density at radius 3 is 1.57 bits per heavy atom. The van der Waals surface area contributed by atoms with Gasteiger partial charge in [0, 0.05) is 19.6 Å². The second-order valence-electron chi connectivity index (χ2n) is 8.11. The van der Waals surface area contributed by atoms with Gasteiger partial charge in [-0.3, -0.25) is 0 Å². The largest absolute Gasteiger partial charge is 0.396 e. The summed E-state index contributed by atoms with van der Waals surface area (Å²) >= 11 is 1.77. The van der Waals surface area contributed by atoms with Crippen LogP contribution in [-0.2, 0) is 4.74 Å². The number of ether oxygens (including phenoxy) is 1. The molecule has 0 aliphatic heterocycles. The van der Waals surface area contributed by atoms with Crippen LogP contribution in [-0.4, -0.2) is 41.2 Å². The highest BCUT2D eigenvalue weighted by molar-refractivity contribution is 7.99. The van der Waals surface area contributed by atoms with E-state index in [1.54, 1.807) is 11.8 Å². The Labute approximate surface area is 180 Å². The number of rotatable bonds is 24. The van der Waals surface area contributed by atoms with Gasteiger partial charge >= 0.3 is 0 Å². The molecule has 3 nitrogen and oxygen atoms in total. The third-order valence-corrected chi connectivity index (χ3v) is 6.37. The number of thioether (sulfide) groups is 1. The lowest BCUT2D eigenvalue weighted by atomic mass is 10.0. The molecule has 2 N–H and O–H groups in total. The summed E-state index contributed by atoms with van der Waals surface area (Å²) in [6.45, 7) is 3.22. The van der Waals surface area contributed by atoms with Crippen LogP contribution < -0.4 is 0 Å². The van der Waals surface area contributed by atoms with E-state index in [9.17, 15) is 5.11 Å². The van der Waals surface area contributed by atoms with Crippen LogP contribution in [0, 0.1) is 0 Å². The highest BCUT2D eigenvalue weighted by Crippen LogP contribution is 2.14. The Hall–Kier alpha value is 0.230. The summed E-state index contributed by atoms with van der Waals surface area (Å²) in [5, 5.41) is 18.4. The molecule has 0 saturated heterocycles. The van der Waals surface area contributed by atoms with Crippen LogP contribution >= 0.6 is 11.8 Å². The molecule has 0 aromatic rings. The molecule has 0 bridgehead atoms. The molecule has 0 aliphatic carbocycles. The summed E-state index contributed by atoms with van der Waals surface area (Å²) in [6, 6.07) is 0. The van der Waals surface area contributed by atoms with Crippen molar-refractivity contribution in [3.05, 3.63) is 0 Å². The Morgan fingerprint density at radius 1 is 0.643 bits per heavy atom. The molecule has 0 amide bonds. The summed E-state index contributed by atoms with van der Waals surface area (Å²) < 4.78 is 5.46. The SMILES string of the molecule is CCCCCCCCCCCCCCCCCCOC(O)CCSCCCO. The minimum absolute atomic E-state index is 0.255. The highest BCUT2D eigenvalue weighted by atomic mass is 32.2. The average Bonchev–Trinajstić information content (AvgIpc) is 2.70. The molecule has 0 aliphatic rings. The maximum atomic E-state index is 9.75. The fraction of sp³-hybridized carbons (Fsp3) is 1.00. The van der Waals surface area contributed by atoms with E-state index in [-0.39, 0.29) is 6.61 Å². The number of unbranched alkanes of at least 4 members (excludes halogenated alkanes) is 15. The zero-order chi connectivity index (χ0) is 20.5. The van der Waals surface area contributed by atoms with Crippen LogP contribution in [0.5, 0.6) is 0 Å². The summed E-state index contributed by atoms with van der Waals surface area (Å²) in [5.74, 6) is 1.86. The van der Waals surface area contributed by atoms with Crippen molar-refractivity contribution in [2.75, 3.05) is 24.7 Å². The molecule has 0 radical (unpaired) electrons. The van der Waals surface area contributed by atoms with E-state index in [1.807, 2.05) is 0 Å². The van der Waals surface area contributed by atoms with Crippen LogP contribution in [0.1, 0.15) is 122 Å². The van der Waals surface area contributed by atoms with Gasteiger partial charge in [0.1, 0.15) is 0 Å². The number of aliphatic hydroxyl groups is 2. The normalized spacial score (nSPS) is 12.5. The standard InChI is InChI=1S/C24H50O3S/c1-2-3-4-5-6-7-8-9-10-11-12-13-14-15-16-17-21-27-24(26)19-23-28-22-18-20-25/h24-26H,2-23H2,1H3. The molecule has 0 aromatic heterocycles. The van der Waals surface area contributed by atoms with Crippen LogP contribution in [0.4, 0.5) is 0 Å². The molecule has 0 spiro atoms. The van der Waals surface area contributed by atoms with Gasteiger partial charge < -0.3 is 14.9 Å². The van der Waals surface area contributed by atoms with E-state index in [1.165, 1.54) is 96.3 Å². The van der Waals surface area contributed by atoms with Gasteiger partial charge in [0.25, 0.3) is 0 Å². The first-order chi connectivity index (χ1) is 13.8. The maximum absolute atomic E-state index is 9.75. The quantitative estimate of drug-likeness (QED) is 0.130. The highest BCUT2D eigenvalue weighted by Gasteiger charge is 2.03. The number of hydrogen-bond acceptors (Lipinski definition) is 4. The summed E-state index contributed by atoms with van der Waals surface area (Å²) in [5.41, 5.74) is 0. The first-order valence-electron chi connectivity index (χ1n) is 12.3. The van der Waals surface area contributed by atoms with Crippen molar-refractivity contribution in [3.8, 4) is 0 Å². The van der Waals surface area contributed by atoms with Gasteiger partial charge in [-0.2, -0.15) is 11.8 Å². The zero-order valence-electron chi connectivity index (χ0n) is 18.8. The second kappa shape index (κ2) is 25.3. The van der Waals surface area contributed by atoms with Crippen molar-refractivity contribution in [1.82, 2.24) is 0 Å². The molecule has 0 heterocycles. The molecule has 0 aromatic carbocycles. The van der Waals surface area contributed by atoms with Gasteiger partial charge in [-0.15, -0.1) is 0 Å². The van der Waals surface area contributed by atoms with E-state index in [4.69, 9.17) is 9.84 Å². The predicted octanol–water partition coefficient (Wildman–Crippen LogP) is 7.09. The number of hydrogen-bond donors (Lipinski definition) is 2. The monoisotopic (exact) mass is 418 g/mol. The van der Waals surface area contributed by atoms with Crippen molar-refractivity contribution in [2.45, 2.75) is 129 Å². The summed E-state index contributed by atoms with van der Waals surface area (Å²) in [7, 11) is 0. The third kappa shape index (κ3) is 24.3. The van der Waals surface area contributed by atoms with Gasteiger partial charge in [-0.25, -0.2) is 0 Å². The predicted molar refractivity (Wildman–Crippen MR) is 125 cm³/mol. The van der Waals surface area contributed by atoms with Gasteiger partial charge in [0.15, 0.2) is 6.29 Å². The minimum atomic E-state index is -0.613. The molecule has 1 atom stereocenters. The lowest BCUT2D eigenvalue weighted by molar-refractivity contribution is -0.100. The summed E-state index contributed by atoms with van der Waals surface area (Å²) in [4.78, 5) is 0. The minimum Gasteiger partial charge on any atom is -0.396 e.